The van der Waals surface area contributed by atoms with E-state index in [1.54, 1.807) is 18.2 Å². The molecule has 30 heavy (non-hydrogen) atoms. The molecular formula is C22H23ClN4O2S. The Bertz CT molecular complexity index is 1190. The van der Waals surface area contributed by atoms with Crippen molar-refractivity contribution in [3.8, 4) is 0 Å². The zero-order chi connectivity index (χ0) is 20.4. The highest BCUT2D eigenvalue weighted by atomic mass is 35.5. The molecule has 0 aliphatic carbocycles. The number of hydrogen-bond donors (Lipinski definition) is 0. The fourth-order valence-electron chi connectivity index (χ4n) is 3.80. The largest absolute Gasteiger partial charge is 1.00 e. The third kappa shape index (κ3) is 4.41. The maximum Gasteiger partial charge on any atom is 0.389 e. The van der Waals surface area contributed by atoms with Gasteiger partial charge in [-0.15, -0.1) is 0 Å². The molecule has 1 fully saturated rings. The molecule has 1 saturated heterocycles. The van der Waals surface area contributed by atoms with Gasteiger partial charge in [-0.25, -0.2) is 8.42 Å². The zero-order valence-electron chi connectivity index (χ0n) is 16.7. The summed E-state index contributed by atoms with van der Waals surface area (Å²) in [5.74, 6) is -0.220. The number of anilines is 1. The molecule has 8 heteroatoms. The van der Waals surface area contributed by atoms with Crippen LogP contribution < -0.4 is 17.3 Å². The molecule has 0 atom stereocenters. The van der Waals surface area contributed by atoms with Crippen LogP contribution in [-0.4, -0.2) is 46.5 Å². The quantitative estimate of drug-likeness (QED) is 0.565. The summed E-state index contributed by atoms with van der Waals surface area (Å²) in [6, 6.07) is 18.1. The second kappa shape index (κ2) is 9.00. The van der Waals surface area contributed by atoms with E-state index in [2.05, 4.69) is 21.8 Å². The lowest BCUT2D eigenvalue weighted by molar-refractivity contribution is -0.00000848. The molecule has 1 heterocycles. The van der Waals surface area contributed by atoms with Crippen LogP contribution in [0, 0.1) is 5.39 Å². The molecule has 1 aliphatic heterocycles. The first kappa shape index (κ1) is 22.0. The van der Waals surface area contributed by atoms with Crippen molar-refractivity contribution in [2.75, 3.05) is 38.1 Å². The molecule has 0 spiro atoms. The molecule has 3 aromatic rings. The molecule has 156 valence electrons. The molecule has 3 aromatic carbocycles. The third-order valence-corrected chi connectivity index (χ3v) is 7.19. The number of fused-ring (bicyclic) bond motifs is 1. The van der Waals surface area contributed by atoms with Gasteiger partial charge >= 0.3 is 5.69 Å². The molecule has 0 saturated carbocycles. The average molecular weight is 443 g/mol. The minimum absolute atomic E-state index is 0. The number of likely N-dealkylation sites (N-methyl/N-ethyl adjacent to an activating group) is 1. The second-order valence-corrected chi connectivity index (χ2v) is 9.40. The van der Waals surface area contributed by atoms with E-state index in [1.165, 1.54) is 0 Å². The first-order valence-corrected chi connectivity index (χ1v) is 11.3. The molecule has 0 aromatic heterocycles. The topological polar surface area (TPSA) is 68.8 Å². The number of rotatable bonds is 4. The van der Waals surface area contributed by atoms with E-state index >= 15 is 0 Å². The van der Waals surface area contributed by atoms with E-state index in [4.69, 9.17) is 0 Å². The Morgan fingerprint density at radius 3 is 2.40 bits per heavy atom. The highest BCUT2D eigenvalue weighted by Crippen LogP contribution is 2.31. The van der Waals surface area contributed by atoms with Crippen molar-refractivity contribution < 1.29 is 20.8 Å². The van der Waals surface area contributed by atoms with Gasteiger partial charge in [-0.1, -0.05) is 36.4 Å². The van der Waals surface area contributed by atoms with E-state index < -0.39 is 9.84 Å². The van der Waals surface area contributed by atoms with Crippen molar-refractivity contribution in [1.82, 2.24) is 4.90 Å². The number of benzene rings is 3. The van der Waals surface area contributed by atoms with Gasteiger partial charge in [0, 0.05) is 43.3 Å². The Labute approximate surface area is 183 Å². The molecule has 0 bridgehead atoms. The van der Waals surface area contributed by atoms with Gasteiger partial charge in [-0.05, 0) is 30.6 Å². The van der Waals surface area contributed by atoms with Gasteiger partial charge in [-0.3, -0.25) is 0 Å². The number of sulfone groups is 1. The van der Waals surface area contributed by atoms with Crippen LogP contribution in [0.1, 0.15) is 5.56 Å². The minimum Gasteiger partial charge on any atom is -1.00 e. The summed E-state index contributed by atoms with van der Waals surface area (Å²) in [7, 11) is -1.54. The van der Waals surface area contributed by atoms with Crippen LogP contribution in [-0.2, 0) is 15.6 Å². The Kier molecular flexibility index (Phi) is 6.61. The lowest BCUT2D eigenvalue weighted by Crippen LogP contribution is -3.00. The Hall–Kier alpha value is -2.66. The lowest BCUT2D eigenvalue weighted by atomic mass is 10.1. The van der Waals surface area contributed by atoms with Crippen molar-refractivity contribution in [3.63, 3.8) is 0 Å². The summed E-state index contributed by atoms with van der Waals surface area (Å²) in [5.41, 5.74) is 1.73. The summed E-state index contributed by atoms with van der Waals surface area (Å²) in [5, 5.41) is 11.0. The molecule has 4 rings (SSSR count). The van der Waals surface area contributed by atoms with Crippen LogP contribution >= 0.6 is 0 Å². The van der Waals surface area contributed by atoms with Crippen LogP contribution in [0.15, 0.2) is 65.6 Å². The smallest absolute Gasteiger partial charge is 0.389 e. The maximum absolute atomic E-state index is 13.3. The number of diazo groups is 1. The first-order valence-electron chi connectivity index (χ1n) is 9.60. The summed E-state index contributed by atoms with van der Waals surface area (Å²) in [6.07, 6.45) is 0. The molecule has 0 N–H and O–H groups in total. The summed E-state index contributed by atoms with van der Waals surface area (Å²) in [6.45, 7) is 3.66. The van der Waals surface area contributed by atoms with Gasteiger partial charge in [0.2, 0.25) is 5.39 Å². The minimum atomic E-state index is -3.63. The summed E-state index contributed by atoms with van der Waals surface area (Å²) < 4.78 is 26.5. The number of nitrogens with zero attached hydrogens (tertiary/aromatic N) is 4. The van der Waals surface area contributed by atoms with E-state index in [0.29, 0.717) is 15.8 Å². The van der Waals surface area contributed by atoms with Crippen molar-refractivity contribution in [2.24, 2.45) is 0 Å². The van der Waals surface area contributed by atoms with Crippen molar-refractivity contribution in [3.05, 3.63) is 71.2 Å². The number of hydrogen-bond acceptors (Lipinski definition) is 5. The molecular weight excluding hydrogens is 420 g/mol. The Morgan fingerprint density at radius 2 is 1.67 bits per heavy atom. The monoisotopic (exact) mass is 442 g/mol. The zero-order valence-corrected chi connectivity index (χ0v) is 18.3. The summed E-state index contributed by atoms with van der Waals surface area (Å²) >= 11 is 0. The van der Waals surface area contributed by atoms with E-state index in [-0.39, 0.29) is 23.8 Å². The van der Waals surface area contributed by atoms with Crippen LogP contribution in [0.2, 0.25) is 0 Å². The van der Waals surface area contributed by atoms with Gasteiger partial charge < -0.3 is 22.2 Å². The maximum atomic E-state index is 13.3. The van der Waals surface area contributed by atoms with Gasteiger partial charge in [-0.2, -0.15) is 0 Å². The van der Waals surface area contributed by atoms with Crippen LogP contribution in [0.3, 0.4) is 0 Å². The fourth-order valence-corrected chi connectivity index (χ4v) is 5.40. The number of halogens is 1. The van der Waals surface area contributed by atoms with Gasteiger partial charge in [0.05, 0.1) is 16.2 Å². The highest BCUT2D eigenvalue weighted by Gasteiger charge is 2.25. The normalized spacial score (nSPS) is 14.9. The standard InChI is InChI=1S/C22H23N4O2S.ClH/c1-25-11-13-26(14-12-25)19-9-10-21(24-23)18(15-19)16-29(27,28)22-8-4-6-17-5-2-3-7-20(17)22;/h2-10,15H,11-14,16H2,1H3;1H/q+1;/p-1. The predicted molar refractivity (Wildman–Crippen MR) is 116 cm³/mol. The van der Waals surface area contributed by atoms with Crippen molar-refractivity contribution in [1.29, 1.82) is 5.39 Å². The van der Waals surface area contributed by atoms with Crippen molar-refractivity contribution in [2.45, 2.75) is 10.6 Å². The molecule has 0 radical (unpaired) electrons. The molecule has 1 aliphatic rings. The van der Waals surface area contributed by atoms with E-state index in [0.717, 1.165) is 37.3 Å². The fraction of sp³-hybridized carbons (Fsp3) is 0.273. The first-order chi connectivity index (χ1) is 14.0. The Balaban J connectivity index is 0.00000256. The summed E-state index contributed by atoms with van der Waals surface area (Å²) in [4.78, 5) is 8.11. The van der Waals surface area contributed by atoms with Crippen LogP contribution in [0.4, 0.5) is 11.4 Å². The van der Waals surface area contributed by atoms with E-state index in [9.17, 15) is 13.8 Å². The van der Waals surface area contributed by atoms with Crippen LogP contribution in [0.25, 0.3) is 15.7 Å². The van der Waals surface area contributed by atoms with Crippen LogP contribution in [0.5, 0.6) is 0 Å². The second-order valence-electron chi connectivity index (χ2n) is 7.44. The van der Waals surface area contributed by atoms with Gasteiger partial charge in [0.15, 0.2) is 14.8 Å². The Morgan fingerprint density at radius 1 is 0.967 bits per heavy atom. The highest BCUT2D eigenvalue weighted by molar-refractivity contribution is 7.90. The average Bonchev–Trinajstić information content (AvgIpc) is 2.73. The third-order valence-electron chi connectivity index (χ3n) is 5.47. The molecule has 6 nitrogen and oxygen atoms in total. The van der Waals surface area contributed by atoms with Gasteiger partial charge in [0.1, 0.15) is 0 Å². The molecule has 0 unspecified atom stereocenters. The predicted octanol–water partition coefficient (Wildman–Crippen LogP) is 1.05. The van der Waals surface area contributed by atoms with Gasteiger partial charge in [0.25, 0.3) is 0 Å². The van der Waals surface area contributed by atoms with Crippen molar-refractivity contribution >= 4 is 32.0 Å². The number of piperazine rings is 1. The SMILES string of the molecule is CN1CCN(c2ccc([N+]#N)c(CS(=O)(=O)c3cccc4ccccc34)c2)CC1.[Cl-]. The lowest BCUT2D eigenvalue weighted by Gasteiger charge is -2.34. The molecule has 0 amide bonds. The van der Waals surface area contributed by atoms with E-state index in [1.807, 2.05) is 42.5 Å².